The van der Waals surface area contributed by atoms with E-state index in [0.29, 0.717) is 12.3 Å². The summed E-state index contributed by atoms with van der Waals surface area (Å²) in [5.41, 5.74) is 4.65. The topological polar surface area (TPSA) is 45.7 Å². The summed E-state index contributed by atoms with van der Waals surface area (Å²) in [6.07, 6.45) is 0. The van der Waals surface area contributed by atoms with Crippen molar-refractivity contribution in [3.8, 4) is 0 Å². The van der Waals surface area contributed by atoms with Crippen LogP contribution >= 0.6 is 23.1 Å². The molecule has 1 saturated heterocycles. The Balaban J connectivity index is 1.53. The van der Waals surface area contributed by atoms with Crippen molar-refractivity contribution in [2.75, 3.05) is 50.0 Å². The minimum atomic E-state index is 0.104. The molecule has 0 N–H and O–H groups in total. The van der Waals surface area contributed by atoms with E-state index in [0.717, 1.165) is 53.1 Å². The van der Waals surface area contributed by atoms with Gasteiger partial charge in [0.1, 0.15) is 0 Å². The highest BCUT2D eigenvalue weighted by molar-refractivity contribution is 8.00. The Bertz CT molecular complexity index is 1040. The lowest BCUT2D eigenvalue weighted by Crippen LogP contribution is -2.43. The maximum absolute atomic E-state index is 13.3. The average Bonchev–Trinajstić information content (AvgIpc) is 3.21. The number of hydrogen-bond donors (Lipinski definition) is 0. The van der Waals surface area contributed by atoms with Gasteiger partial charge in [0.2, 0.25) is 5.91 Å². The van der Waals surface area contributed by atoms with Gasteiger partial charge in [0.05, 0.1) is 29.2 Å². The van der Waals surface area contributed by atoms with E-state index >= 15 is 0 Å². The molecule has 1 aliphatic heterocycles. The molecule has 2 heterocycles. The Kier molecular flexibility index (Phi) is 7.27. The van der Waals surface area contributed by atoms with Crippen molar-refractivity contribution >= 4 is 44.4 Å². The van der Waals surface area contributed by atoms with Gasteiger partial charge < -0.3 is 4.74 Å². The SMILES string of the molecule is Cc1ccc(SCC(=O)N(CCN2CCOCC2)c2nc3c(C)c(C)ccc3s2)cc1. The number of thiazole rings is 1. The second-order valence-corrected chi connectivity index (χ2v) is 10.0. The molecule has 0 spiro atoms. The standard InChI is InChI=1S/C24H29N3O2S2/c1-17-4-7-20(8-5-17)30-16-22(28)27(11-10-26-12-14-29-15-13-26)24-25-23-19(3)18(2)6-9-21(23)31-24/h4-9H,10-16H2,1-3H3. The van der Waals surface area contributed by atoms with Crippen molar-refractivity contribution in [3.05, 3.63) is 53.1 Å². The molecule has 1 fully saturated rings. The molecule has 0 atom stereocenters. The minimum Gasteiger partial charge on any atom is -0.379 e. The van der Waals surface area contributed by atoms with Gasteiger partial charge in [-0.25, -0.2) is 4.98 Å². The number of aromatic nitrogens is 1. The fraction of sp³-hybridized carbons (Fsp3) is 0.417. The zero-order valence-electron chi connectivity index (χ0n) is 18.4. The first-order valence-electron chi connectivity index (χ1n) is 10.7. The smallest absolute Gasteiger partial charge is 0.239 e. The third kappa shape index (κ3) is 5.47. The summed E-state index contributed by atoms with van der Waals surface area (Å²) in [5.74, 6) is 0.507. The molecule has 31 heavy (non-hydrogen) atoms. The lowest BCUT2D eigenvalue weighted by atomic mass is 10.1. The Morgan fingerprint density at radius 2 is 1.87 bits per heavy atom. The van der Waals surface area contributed by atoms with Crippen molar-refractivity contribution in [3.63, 3.8) is 0 Å². The van der Waals surface area contributed by atoms with Crippen LogP contribution in [0.15, 0.2) is 41.3 Å². The highest BCUT2D eigenvalue weighted by Crippen LogP contribution is 2.32. The van der Waals surface area contributed by atoms with Crippen LogP contribution in [0.3, 0.4) is 0 Å². The Labute approximate surface area is 192 Å². The van der Waals surface area contributed by atoms with Crippen LogP contribution < -0.4 is 4.90 Å². The first-order chi connectivity index (χ1) is 15.0. The molecule has 164 valence electrons. The molecule has 4 rings (SSSR count). The minimum absolute atomic E-state index is 0.104. The summed E-state index contributed by atoms with van der Waals surface area (Å²) < 4.78 is 6.60. The molecule has 7 heteroatoms. The highest BCUT2D eigenvalue weighted by Gasteiger charge is 2.22. The van der Waals surface area contributed by atoms with Crippen LogP contribution in [-0.2, 0) is 9.53 Å². The Morgan fingerprint density at radius 3 is 2.61 bits per heavy atom. The van der Waals surface area contributed by atoms with Crippen LogP contribution in [0.1, 0.15) is 16.7 Å². The average molecular weight is 456 g/mol. The first kappa shape index (κ1) is 22.3. The number of benzene rings is 2. The molecule has 2 aromatic carbocycles. The van der Waals surface area contributed by atoms with Crippen LogP contribution in [-0.4, -0.2) is 60.9 Å². The second-order valence-electron chi connectivity index (χ2n) is 7.95. The molecule has 0 bridgehead atoms. The van der Waals surface area contributed by atoms with E-state index in [1.807, 2.05) is 4.90 Å². The van der Waals surface area contributed by atoms with Crippen molar-refractivity contribution in [2.45, 2.75) is 25.7 Å². The Morgan fingerprint density at radius 1 is 1.13 bits per heavy atom. The predicted octanol–water partition coefficient (Wildman–Crippen LogP) is 4.68. The summed E-state index contributed by atoms with van der Waals surface area (Å²) in [6.45, 7) is 11.1. The summed E-state index contributed by atoms with van der Waals surface area (Å²) >= 11 is 3.19. The van der Waals surface area contributed by atoms with E-state index in [1.165, 1.54) is 16.7 Å². The number of hydrogen-bond acceptors (Lipinski definition) is 6. The van der Waals surface area contributed by atoms with Gasteiger partial charge in [0.25, 0.3) is 0 Å². The lowest BCUT2D eigenvalue weighted by Gasteiger charge is -2.29. The quantitative estimate of drug-likeness (QED) is 0.484. The highest BCUT2D eigenvalue weighted by atomic mass is 32.2. The number of fused-ring (bicyclic) bond motifs is 1. The maximum Gasteiger partial charge on any atom is 0.239 e. The van der Waals surface area contributed by atoms with Gasteiger partial charge >= 0.3 is 0 Å². The fourth-order valence-corrected chi connectivity index (χ4v) is 5.42. The molecule has 1 aliphatic rings. The monoisotopic (exact) mass is 455 g/mol. The van der Waals surface area contributed by atoms with Gasteiger partial charge in [-0.05, 0) is 50.1 Å². The fourth-order valence-electron chi connectivity index (χ4n) is 3.58. The van der Waals surface area contributed by atoms with Crippen molar-refractivity contribution in [1.29, 1.82) is 0 Å². The summed E-state index contributed by atoms with van der Waals surface area (Å²) in [7, 11) is 0. The van der Waals surface area contributed by atoms with Gasteiger partial charge in [-0.1, -0.05) is 35.1 Å². The number of rotatable bonds is 7. The van der Waals surface area contributed by atoms with Crippen LogP contribution in [0, 0.1) is 20.8 Å². The molecule has 0 unspecified atom stereocenters. The van der Waals surface area contributed by atoms with Crippen LogP contribution in [0.4, 0.5) is 5.13 Å². The number of amides is 1. The van der Waals surface area contributed by atoms with Gasteiger partial charge in [0, 0.05) is 31.1 Å². The van der Waals surface area contributed by atoms with Crippen molar-refractivity contribution in [1.82, 2.24) is 9.88 Å². The van der Waals surface area contributed by atoms with E-state index in [1.54, 1.807) is 23.1 Å². The van der Waals surface area contributed by atoms with Crippen molar-refractivity contribution < 1.29 is 9.53 Å². The molecular weight excluding hydrogens is 426 g/mol. The number of carbonyl (C=O) groups excluding carboxylic acids is 1. The van der Waals surface area contributed by atoms with Gasteiger partial charge in [0.15, 0.2) is 5.13 Å². The molecule has 1 aromatic heterocycles. The molecule has 3 aromatic rings. The molecule has 0 aliphatic carbocycles. The number of ether oxygens (including phenoxy) is 1. The summed E-state index contributed by atoms with van der Waals surface area (Å²) in [6, 6.07) is 12.6. The second kappa shape index (κ2) is 10.1. The van der Waals surface area contributed by atoms with E-state index in [-0.39, 0.29) is 5.91 Å². The van der Waals surface area contributed by atoms with Crippen LogP contribution in [0.5, 0.6) is 0 Å². The molecule has 0 radical (unpaired) electrons. The molecule has 0 saturated carbocycles. The molecule has 1 amide bonds. The van der Waals surface area contributed by atoms with Gasteiger partial charge in [-0.2, -0.15) is 0 Å². The van der Waals surface area contributed by atoms with E-state index in [9.17, 15) is 4.79 Å². The lowest BCUT2D eigenvalue weighted by molar-refractivity contribution is -0.116. The third-order valence-electron chi connectivity index (χ3n) is 5.73. The number of carbonyl (C=O) groups is 1. The number of nitrogens with zero attached hydrogens (tertiary/aromatic N) is 3. The zero-order valence-corrected chi connectivity index (χ0v) is 20.0. The van der Waals surface area contributed by atoms with Gasteiger partial charge in [-0.15, -0.1) is 11.8 Å². The number of aryl methyl sites for hydroxylation is 3. The number of thioether (sulfide) groups is 1. The zero-order chi connectivity index (χ0) is 21.8. The molecular formula is C24H29N3O2S2. The van der Waals surface area contributed by atoms with Crippen LogP contribution in [0.2, 0.25) is 0 Å². The van der Waals surface area contributed by atoms with Crippen LogP contribution in [0.25, 0.3) is 10.2 Å². The maximum atomic E-state index is 13.3. The van der Waals surface area contributed by atoms with Crippen molar-refractivity contribution in [2.24, 2.45) is 0 Å². The van der Waals surface area contributed by atoms with Gasteiger partial charge in [-0.3, -0.25) is 14.6 Å². The van der Waals surface area contributed by atoms with E-state index < -0.39 is 0 Å². The van der Waals surface area contributed by atoms with E-state index in [2.05, 4.69) is 62.1 Å². The third-order valence-corrected chi connectivity index (χ3v) is 7.77. The largest absolute Gasteiger partial charge is 0.379 e. The first-order valence-corrected chi connectivity index (χ1v) is 12.5. The van der Waals surface area contributed by atoms with E-state index in [4.69, 9.17) is 9.72 Å². The normalized spacial score (nSPS) is 14.8. The Hall–Kier alpha value is -1.93. The summed E-state index contributed by atoms with van der Waals surface area (Å²) in [5, 5.41) is 0.798. The molecule has 5 nitrogen and oxygen atoms in total. The summed E-state index contributed by atoms with van der Waals surface area (Å²) in [4.78, 5) is 23.6. The predicted molar refractivity (Wildman–Crippen MR) is 131 cm³/mol. The number of morpholine rings is 1. The number of anilines is 1.